The Bertz CT molecular complexity index is 848. The van der Waals surface area contributed by atoms with Gasteiger partial charge in [0.2, 0.25) is 0 Å². The topological polar surface area (TPSA) is 83.8 Å². The zero-order valence-corrected chi connectivity index (χ0v) is 20.9. The number of rotatable bonds is 4. The standard InChI is InChI=1S/C26H36O5S2/c27-21(28)23-4-15-2-19(9-23)26(20(3-15)10-23)32-12-18(13-33-26)11-31-22(29)24-5-16-1-17(6-24)8-25(30,7-16)14-24/h15-20,30H,1-14H2,(H,27,28). The Balaban J connectivity index is 0.985. The summed E-state index contributed by atoms with van der Waals surface area (Å²) in [6.45, 7) is 0.501. The van der Waals surface area contributed by atoms with Crippen molar-refractivity contribution in [3.8, 4) is 0 Å². The molecule has 1 aliphatic heterocycles. The van der Waals surface area contributed by atoms with Crippen molar-refractivity contribution in [1.29, 1.82) is 0 Å². The van der Waals surface area contributed by atoms with Crippen molar-refractivity contribution in [2.45, 2.75) is 80.3 Å². The van der Waals surface area contributed by atoms with Gasteiger partial charge in [0.05, 0.1) is 27.1 Å². The van der Waals surface area contributed by atoms with Gasteiger partial charge in [-0.3, -0.25) is 9.59 Å². The Hall–Kier alpha value is -0.400. The summed E-state index contributed by atoms with van der Waals surface area (Å²) in [7, 11) is 0. The third-order valence-corrected chi connectivity index (χ3v) is 15.0. The largest absolute Gasteiger partial charge is 0.481 e. The summed E-state index contributed by atoms with van der Waals surface area (Å²) >= 11 is 4.14. The van der Waals surface area contributed by atoms with E-state index in [0.717, 1.165) is 56.5 Å². The summed E-state index contributed by atoms with van der Waals surface area (Å²) in [5.41, 5.74) is -1.50. The number of hydrogen-bond donors (Lipinski definition) is 2. The van der Waals surface area contributed by atoms with Crippen molar-refractivity contribution in [1.82, 2.24) is 0 Å². The number of carbonyl (C=O) groups excluding carboxylic acids is 1. The molecule has 1 spiro atoms. The van der Waals surface area contributed by atoms with Crippen LogP contribution >= 0.6 is 23.5 Å². The van der Waals surface area contributed by atoms with Gasteiger partial charge >= 0.3 is 11.9 Å². The number of carboxylic acids is 1. The van der Waals surface area contributed by atoms with Crippen LogP contribution in [0.3, 0.4) is 0 Å². The summed E-state index contributed by atoms with van der Waals surface area (Å²) in [4.78, 5) is 25.4. The zero-order chi connectivity index (χ0) is 22.6. The molecule has 9 fully saturated rings. The monoisotopic (exact) mass is 492 g/mol. The number of aliphatic hydroxyl groups is 1. The molecule has 5 nitrogen and oxygen atoms in total. The third kappa shape index (κ3) is 3.16. The van der Waals surface area contributed by atoms with Crippen molar-refractivity contribution in [3.63, 3.8) is 0 Å². The Kier molecular flexibility index (Phi) is 4.69. The van der Waals surface area contributed by atoms with Crippen LogP contribution in [-0.4, -0.2) is 49.9 Å². The number of hydrogen-bond acceptors (Lipinski definition) is 6. The van der Waals surface area contributed by atoms with E-state index in [9.17, 15) is 19.8 Å². The highest BCUT2D eigenvalue weighted by Gasteiger charge is 2.66. The molecule has 182 valence electrons. The van der Waals surface area contributed by atoms with Crippen molar-refractivity contribution in [2.75, 3.05) is 18.1 Å². The molecular formula is C26H36O5S2. The first-order valence-corrected chi connectivity index (χ1v) is 15.1. The van der Waals surface area contributed by atoms with E-state index in [0.29, 0.717) is 48.5 Å². The van der Waals surface area contributed by atoms with Gasteiger partial charge in [-0.2, -0.15) is 0 Å². The van der Waals surface area contributed by atoms with Crippen LogP contribution < -0.4 is 0 Å². The van der Waals surface area contributed by atoms with Gasteiger partial charge in [-0.1, -0.05) is 0 Å². The summed E-state index contributed by atoms with van der Waals surface area (Å²) in [5, 5.41) is 20.9. The van der Waals surface area contributed by atoms with E-state index in [1.165, 1.54) is 19.3 Å². The lowest BCUT2D eigenvalue weighted by atomic mass is 9.48. The third-order valence-electron chi connectivity index (χ3n) is 10.8. The number of esters is 1. The number of carboxylic acid groups (broad SMARTS) is 1. The lowest BCUT2D eigenvalue weighted by Crippen LogP contribution is -2.61. The van der Waals surface area contributed by atoms with Crippen LogP contribution in [0.5, 0.6) is 0 Å². The SMILES string of the molecule is O=C(O)C12CC3CC(C1)C1(SCC(COC(=O)C45CC6CC(CC(O)(C6)C4)C5)CS1)C(C3)C2. The molecule has 4 atom stereocenters. The molecule has 9 rings (SSSR count). The highest BCUT2D eigenvalue weighted by Crippen LogP contribution is 2.71. The maximum Gasteiger partial charge on any atom is 0.312 e. The fraction of sp³-hybridized carbons (Fsp3) is 0.923. The average Bonchev–Trinajstić information content (AvgIpc) is 2.74. The second-order valence-electron chi connectivity index (χ2n) is 13.2. The molecule has 1 saturated heterocycles. The molecule has 0 aromatic heterocycles. The molecule has 0 aromatic carbocycles. The molecule has 7 heteroatoms. The molecule has 0 amide bonds. The average molecular weight is 493 g/mol. The fourth-order valence-electron chi connectivity index (χ4n) is 10.1. The summed E-state index contributed by atoms with van der Waals surface area (Å²) in [6.07, 6.45) is 10.4. The summed E-state index contributed by atoms with van der Waals surface area (Å²) in [6, 6.07) is 0. The van der Waals surface area contributed by atoms with Gasteiger partial charge in [0.1, 0.15) is 0 Å². The van der Waals surface area contributed by atoms with E-state index in [2.05, 4.69) is 23.5 Å². The minimum atomic E-state index is -0.626. The van der Waals surface area contributed by atoms with Crippen LogP contribution in [0.2, 0.25) is 0 Å². The van der Waals surface area contributed by atoms with Crippen molar-refractivity contribution in [3.05, 3.63) is 0 Å². The van der Waals surface area contributed by atoms with Gasteiger partial charge in [-0.25, -0.2) is 0 Å². The summed E-state index contributed by atoms with van der Waals surface area (Å²) < 4.78 is 6.19. The molecule has 0 radical (unpaired) electrons. The van der Waals surface area contributed by atoms with E-state index in [1.54, 1.807) is 0 Å². The maximum absolute atomic E-state index is 13.3. The van der Waals surface area contributed by atoms with Crippen LogP contribution in [0, 0.1) is 46.3 Å². The van der Waals surface area contributed by atoms with E-state index in [4.69, 9.17) is 4.74 Å². The van der Waals surface area contributed by atoms with Crippen LogP contribution in [0.25, 0.3) is 0 Å². The van der Waals surface area contributed by atoms with E-state index in [-0.39, 0.29) is 10.0 Å². The van der Waals surface area contributed by atoms with Gasteiger partial charge in [-0.15, -0.1) is 23.5 Å². The van der Waals surface area contributed by atoms with Gasteiger partial charge in [0.15, 0.2) is 0 Å². The maximum atomic E-state index is 13.3. The Morgan fingerprint density at radius 3 is 2.00 bits per heavy atom. The zero-order valence-electron chi connectivity index (χ0n) is 19.3. The first-order chi connectivity index (χ1) is 15.7. The van der Waals surface area contributed by atoms with Crippen molar-refractivity contribution >= 4 is 35.5 Å². The number of thioether (sulfide) groups is 2. The lowest BCUT2D eigenvalue weighted by molar-refractivity contribution is -0.196. The Labute approximate surface area is 204 Å². The predicted molar refractivity (Wildman–Crippen MR) is 128 cm³/mol. The minimum Gasteiger partial charge on any atom is -0.481 e. The molecule has 2 N–H and O–H groups in total. The quantitative estimate of drug-likeness (QED) is 0.557. The van der Waals surface area contributed by atoms with Gasteiger partial charge in [0.25, 0.3) is 0 Å². The van der Waals surface area contributed by atoms with Crippen molar-refractivity contribution < 1.29 is 24.5 Å². The molecule has 8 saturated carbocycles. The van der Waals surface area contributed by atoms with E-state index >= 15 is 0 Å². The molecule has 9 aliphatic rings. The molecule has 0 aromatic rings. The van der Waals surface area contributed by atoms with Crippen LogP contribution in [-0.2, 0) is 14.3 Å². The molecule has 8 bridgehead atoms. The second kappa shape index (κ2) is 7.09. The second-order valence-corrected chi connectivity index (χ2v) is 16.1. The molecule has 33 heavy (non-hydrogen) atoms. The van der Waals surface area contributed by atoms with Crippen LogP contribution in [0.15, 0.2) is 0 Å². The molecule has 8 aliphatic carbocycles. The van der Waals surface area contributed by atoms with Crippen LogP contribution in [0.4, 0.5) is 0 Å². The number of carbonyl (C=O) groups is 2. The molecule has 4 unspecified atom stereocenters. The van der Waals surface area contributed by atoms with E-state index < -0.39 is 22.4 Å². The fourth-order valence-corrected chi connectivity index (χ4v) is 14.1. The summed E-state index contributed by atoms with van der Waals surface area (Å²) in [5.74, 6) is 4.45. The smallest absolute Gasteiger partial charge is 0.312 e. The van der Waals surface area contributed by atoms with Gasteiger partial charge < -0.3 is 14.9 Å². The Morgan fingerprint density at radius 1 is 0.818 bits per heavy atom. The van der Waals surface area contributed by atoms with Gasteiger partial charge in [0, 0.05) is 17.4 Å². The first-order valence-electron chi connectivity index (χ1n) is 13.1. The minimum absolute atomic E-state index is 0.0386. The number of ether oxygens (including phenoxy) is 1. The predicted octanol–water partition coefficient (Wildman–Crippen LogP) is 4.56. The highest BCUT2D eigenvalue weighted by atomic mass is 32.2. The van der Waals surface area contributed by atoms with E-state index in [1.807, 2.05) is 0 Å². The van der Waals surface area contributed by atoms with Crippen LogP contribution in [0.1, 0.15) is 70.6 Å². The number of aliphatic carboxylic acids is 1. The first kappa shape index (κ1) is 21.8. The molecular weight excluding hydrogens is 456 g/mol. The highest BCUT2D eigenvalue weighted by molar-refractivity contribution is 8.18. The molecule has 1 heterocycles. The van der Waals surface area contributed by atoms with Gasteiger partial charge in [-0.05, 0) is 100 Å². The Morgan fingerprint density at radius 2 is 1.42 bits per heavy atom. The van der Waals surface area contributed by atoms with Crippen molar-refractivity contribution in [2.24, 2.45) is 46.3 Å². The normalized spacial score (nSPS) is 55.8. The lowest BCUT2D eigenvalue weighted by Gasteiger charge is -2.64.